The summed E-state index contributed by atoms with van der Waals surface area (Å²) < 4.78 is 27.4. The first kappa shape index (κ1) is 22.1. The second kappa shape index (κ2) is 9.57. The first-order valence-electron chi connectivity index (χ1n) is 11.0. The van der Waals surface area contributed by atoms with E-state index in [1.807, 2.05) is 18.2 Å². The van der Waals surface area contributed by atoms with Crippen LogP contribution in [0.2, 0.25) is 0 Å². The highest BCUT2D eigenvalue weighted by Gasteiger charge is 2.41. The number of benzene rings is 2. The maximum atomic E-state index is 13.6. The molecule has 1 aliphatic heterocycles. The molecule has 0 bridgehead atoms. The topological polar surface area (TPSA) is 56.0 Å². The highest BCUT2D eigenvalue weighted by atomic mass is 19.1. The number of rotatable bonds is 6. The van der Waals surface area contributed by atoms with Crippen LogP contribution in [0, 0.1) is 17.6 Å². The number of amides is 2. The van der Waals surface area contributed by atoms with Crippen molar-refractivity contribution in [2.24, 2.45) is 11.7 Å². The molecule has 0 radical (unpaired) electrons. The van der Waals surface area contributed by atoms with Crippen LogP contribution in [0.25, 0.3) is 0 Å². The number of hydrogen-bond acceptors (Lipinski definition) is 2. The summed E-state index contributed by atoms with van der Waals surface area (Å²) in [7, 11) is 0. The molecule has 0 saturated carbocycles. The minimum atomic E-state index is -0.306. The highest BCUT2D eigenvalue weighted by Crippen LogP contribution is 2.39. The van der Waals surface area contributed by atoms with E-state index >= 15 is 0 Å². The number of nitrogens with zero attached hydrogens (tertiary/aromatic N) is 2. The Kier molecular flexibility index (Phi) is 6.61. The maximum absolute atomic E-state index is 13.6. The summed E-state index contributed by atoms with van der Waals surface area (Å²) in [4.78, 5) is 16.8. The number of nitrogens with two attached hydrogens (primary N) is 1. The molecule has 0 spiro atoms. The van der Waals surface area contributed by atoms with Gasteiger partial charge >= 0.3 is 6.03 Å². The summed E-state index contributed by atoms with van der Waals surface area (Å²) in [6.45, 7) is 1.91. The summed E-state index contributed by atoms with van der Waals surface area (Å²) >= 11 is 0. The summed E-state index contributed by atoms with van der Waals surface area (Å²) in [5, 5.41) is 0. The third kappa shape index (κ3) is 4.86. The molecule has 1 fully saturated rings. The smallest absolute Gasteiger partial charge is 0.319 e. The Labute approximate surface area is 187 Å². The van der Waals surface area contributed by atoms with Gasteiger partial charge in [-0.05, 0) is 53.4 Å². The number of piperidine rings is 1. The lowest BCUT2D eigenvalue weighted by Crippen LogP contribution is -2.60. The standard InChI is InChI=1S/C26H27F2N3O/c27-22-8-4-19(5-9-22)25(20-6-10-23(28)11-7-20)21-12-16-31(17-13-21,26(29)32)18-14-24-3-1-2-15-30-24/h1-11,15,21,25H,12-14,16-18H2,(H-,29,32)/p+1. The third-order valence-electron chi connectivity index (χ3n) is 6.78. The van der Waals surface area contributed by atoms with Gasteiger partial charge in [-0.3, -0.25) is 4.98 Å². The monoisotopic (exact) mass is 436 g/mol. The van der Waals surface area contributed by atoms with Gasteiger partial charge in [-0.25, -0.2) is 18.1 Å². The number of quaternary nitrogens is 1. The molecule has 2 heterocycles. The Bertz CT molecular complexity index is 985. The minimum Gasteiger partial charge on any atom is -0.319 e. The second-order valence-electron chi connectivity index (χ2n) is 8.64. The number of aromatic nitrogens is 1. The highest BCUT2D eigenvalue weighted by molar-refractivity contribution is 5.64. The van der Waals surface area contributed by atoms with Crippen molar-refractivity contribution in [1.29, 1.82) is 0 Å². The number of halogens is 2. The minimum absolute atomic E-state index is 0.00191. The fourth-order valence-corrected chi connectivity index (χ4v) is 4.92. The molecule has 4 nitrogen and oxygen atoms in total. The van der Waals surface area contributed by atoms with E-state index in [9.17, 15) is 13.6 Å². The first-order chi connectivity index (χ1) is 15.5. The van der Waals surface area contributed by atoms with Crippen LogP contribution < -0.4 is 5.73 Å². The van der Waals surface area contributed by atoms with E-state index in [4.69, 9.17) is 5.73 Å². The van der Waals surface area contributed by atoms with Crippen molar-refractivity contribution in [1.82, 2.24) is 4.98 Å². The molecule has 4 rings (SSSR count). The predicted octanol–water partition coefficient (Wildman–Crippen LogP) is 5.04. The maximum Gasteiger partial charge on any atom is 0.414 e. The number of primary amides is 1. The van der Waals surface area contributed by atoms with E-state index in [1.165, 1.54) is 24.3 Å². The molecule has 0 unspecified atom stereocenters. The molecule has 0 aliphatic carbocycles. The zero-order valence-electron chi connectivity index (χ0n) is 18.0. The molecule has 1 aromatic heterocycles. The first-order valence-corrected chi connectivity index (χ1v) is 11.0. The van der Waals surface area contributed by atoms with Gasteiger partial charge < -0.3 is 5.73 Å². The largest absolute Gasteiger partial charge is 0.414 e. The Morgan fingerprint density at radius 1 is 0.938 bits per heavy atom. The molecule has 2 aromatic carbocycles. The van der Waals surface area contributed by atoms with Crippen LogP contribution in [-0.4, -0.2) is 35.1 Å². The van der Waals surface area contributed by atoms with Gasteiger partial charge in [0.25, 0.3) is 0 Å². The zero-order chi connectivity index (χ0) is 22.6. The van der Waals surface area contributed by atoms with Crippen molar-refractivity contribution in [2.45, 2.75) is 25.2 Å². The lowest BCUT2D eigenvalue weighted by Gasteiger charge is -2.42. The molecular formula is C26H28F2N3O+. The molecule has 1 aliphatic rings. The molecule has 1 saturated heterocycles. The number of likely N-dealkylation sites (tertiary alicyclic amines) is 1. The van der Waals surface area contributed by atoms with Gasteiger partial charge in [-0.2, -0.15) is 0 Å². The van der Waals surface area contributed by atoms with E-state index in [0.717, 1.165) is 29.7 Å². The number of carbonyl (C=O) groups is 1. The Morgan fingerprint density at radius 3 is 1.97 bits per heavy atom. The van der Waals surface area contributed by atoms with Crippen molar-refractivity contribution in [2.75, 3.05) is 19.6 Å². The molecule has 3 aromatic rings. The average molecular weight is 437 g/mol. The van der Waals surface area contributed by atoms with Crippen molar-refractivity contribution in [3.63, 3.8) is 0 Å². The lowest BCUT2D eigenvalue weighted by molar-refractivity contribution is -0.855. The SMILES string of the molecule is NC(=O)[N+]1(CCc2ccccn2)CCC(C(c2ccc(F)cc2)c2ccc(F)cc2)CC1. The van der Waals surface area contributed by atoms with Gasteiger partial charge in [-0.15, -0.1) is 0 Å². The third-order valence-corrected chi connectivity index (χ3v) is 6.78. The van der Waals surface area contributed by atoms with Crippen molar-refractivity contribution < 1.29 is 18.1 Å². The van der Waals surface area contributed by atoms with Crippen molar-refractivity contribution in [3.05, 3.63) is 101 Å². The van der Waals surface area contributed by atoms with Gasteiger partial charge in [0.05, 0.1) is 19.6 Å². The normalized spacial score (nSPS) is 20.9. The Hall–Kier alpha value is -3.12. The average Bonchev–Trinajstić information content (AvgIpc) is 2.82. The van der Waals surface area contributed by atoms with Crippen molar-refractivity contribution >= 4 is 6.03 Å². The molecule has 32 heavy (non-hydrogen) atoms. The van der Waals surface area contributed by atoms with Crippen molar-refractivity contribution in [3.8, 4) is 0 Å². The second-order valence-corrected chi connectivity index (χ2v) is 8.64. The van der Waals surface area contributed by atoms with E-state index in [0.29, 0.717) is 26.1 Å². The van der Waals surface area contributed by atoms with E-state index in [1.54, 1.807) is 30.5 Å². The molecule has 0 atom stereocenters. The van der Waals surface area contributed by atoms with Crippen LogP contribution in [0.4, 0.5) is 13.6 Å². The van der Waals surface area contributed by atoms with Gasteiger partial charge in [-0.1, -0.05) is 30.3 Å². The fourth-order valence-electron chi connectivity index (χ4n) is 4.92. The van der Waals surface area contributed by atoms with E-state index in [-0.39, 0.29) is 34.0 Å². The summed E-state index contributed by atoms with van der Waals surface area (Å²) in [6.07, 6.45) is 4.04. The van der Waals surface area contributed by atoms with Crippen LogP contribution in [0.15, 0.2) is 72.9 Å². The number of urea groups is 1. The Balaban J connectivity index is 1.54. The summed E-state index contributed by atoms with van der Waals surface area (Å²) in [5.41, 5.74) is 8.81. The molecule has 2 amide bonds. The van der Waals surface area contributed by atoms with Crippen LogP contribution >= 0.6 is 0 Å². The Morgan fingerprint density at radius 2 is 1.50 bits per heavy atom. The summed E-state index contributed by atoms with van der Waals surface area (Å²) in [6, 6.07) is 18.5. The number of carbonyl (C=O) groups excluding carboxylic acids is 1. The molecule has 2 N–H and O–H groups in total. The van der Waals surface area contributed by atoms with Crippen LogP contribution in [0.5, 0.6) is 0 Å². The van der Waals surface area contributed by atoms with Crippen LogP contribution in [0.1, 0.15) is 35.6 Å². The fraction of sp³-hybridized carbons (Fsp3) is 0.308. The predicted molar refractivity (Wildman–Crippen MR) is 120 cm³/mol. The number of pyridine rings is 1. The summed E-state index contributed by atoms with van der Waals surface area (Å²) in [5.74, 6) is -0.322. The lowest BCUT2D eigenvalue weighted by atomic mass is 9.75. The van der Waals surface area contributed by atoms with Crippen LogP contribution in [-0.2, 0) is 6.42 Å². The van der Waals surface area contributed by atoms with Gasteiger partial charge in [0, 0.05) is 37.1 Å². The zero-order valence-corrected chi connectivity index (χ0v) is 18.0. The van der Waals surface area contributed by atoms with E-state index < -0.39 is 0 Å². The van der Waals surface area contributed by atoms with Gasteiger partial charge in [0.1, 0.15) is 11.6 Å². The molecule has 6 heteroatoms. The molecular weight excluding hydrogens is 408 g/mol. The van der Waals surface area contributed by atoms with Gasteiger partial charge in [0.2, 0.25) is 0 Å². The quantitative estimate of drug-likeness (QED) is 0.551. The number of hydrogen-bond donors (Lipinski definition) is 1. The van der Waals surface area contributed by atoms with Crippen LogP contribution in [0.3, 0.4) is 0 Å². The molecule has 166 valence electrons. The van der Waals surface area contributed by atoms with Gasteiger partial charge in [0.15, 0.2) is 0 Å². The van der Waals surface area contributed by atoms with E-state index in [2.05, 4.69) is 4.98 Å².